The summed E-state index contributed by atoms with van der Waals surface area (Å²) in [6.07, 6.45) is 1.44. The van der Waals surface area contributed by atoms with Gasteiger partial charge in [-0.3, -0.25) is 4.79 Å². The molecule has 2 atom stereocenters. The van der Waals surface area contributed by atoms with Gasteiger partial charge in [0.2, 0.25) is 0 Å². The Morgan fingerprint density at radius 1 is 1.59 bits per heavy atom. The third-order valence-electron chi connectivity index (χ3n) is 3.35. The minimum Gasteiger partial charge on any atom is -0.481 e. The predicted molar refractivity (Wildman–Crippen MR) is 60.5 cm³/mol. The number of benzene rings is 1. The lowest BCUT2D eigenvalue weighted by Gasteiger charge is -2.31. The van der Waals surface area contributed by atoms with E-state index in [4.69, 9.17) is 9.84 Å². The van der Waals surface area contributed by atoms with Crippen LogP contribution in [-0.2, 0) is 16.0 Å². The third-order valence-corrected chi connectivity index (χ3v) is 3.35. The van der Waals surface area contributed by atoms with Gasteiger partial charge >= 0.3 is 5.97 Å². The van der Waals surface area contributed by atoms with Crippen molar-refractivity contribution in [3.63, 3.8) is 0 Å². The summed E-state index contributed by atoms with van der Waals surface area (Å²) >= 11 is 0. The Hall–Kier alpha value is -1.42. The number of aliphatic carboxylic acids is 1. The van der Waals surface area contributed by atoms with Crippen molar-refractivity contribution in [3.05, 3.63) is 35.1 Å². The zero-order valence-electron chi connectivity index (χ0n) is 9.65. The summed E-state index contributed by atoms with van der Waals surface area (Å²) in [5.74, 6) is -1.46. The zero-order chi connectivity index (χ0) is 12.4. The predicted octanol–water partition coefficient (Wildman–Crippen LogP) is 2.35. The molecule has 3 nitrogen and oxygen atoms in total. The summed E-state index contributed by atoms with van der Waals surface area (Å²) in [5.41, 5.74) is 1.82. The quantitative estimate of drug-likeness (QED) is 0.879. The molecule has 0 aromatic heterocycles. The van der Waals surface area contributed by atoms with E-state index in [1.807, 2.05) is 0 Å². The summed E-state index contributed by atoms with van der Waals surface area (Å²) in [5, 5.41) is 8.92. The highest BCUT2D eigenvalue weighted by atomic mass is 19.1. The molecular weight excluding hydrogens is 223 g/mol. The molecule has 2 rings (SSSR count). The van der Waals surface area contributed by atoms with Crippen molar-refractivity contribution in [2.24, 2.45) is 0 Å². The van der Waals surface area contributed by atoms with E-state index in [0.29, 0.717) is 0 Å². The number of carbonyl (C=O) groups is 1. The van der Waals surface area contributed by atoms with Crippen molar-refractivity contribution in [1.82, 2.24) is 0 Å². The highest BCUT2D eigenvalue weighted by molar-refractivity contribution is 5.68. The van der Waals surface area contributed by atoms with Crippen LogP contribution in [0, 0.1) is 5.82 Å². The summed E-state index contributed by atoms with van der Waals surface area (Å²) in [6.45, 7) is 0. The van der Waals surface area contributed by atoms with Crippen molar-refractivity contribution >= 4 is 5.97 Å². The number of ether oxygens (including phenoxy) is 1. The van der Waals surface area contributed by atoms with Crippen LogP contribution >= 0.6 is 0 Å². The first-order valence-electron chi connectivity index (χ1n) is 5.64. The van der Waals surface area contributed by atoms with Crippen LogP contribution in [0.2, 0.25) is 0 Å². The van der Waals surface area contributed by atoms with Crippen LogP contribution in [0.4, 0.5) is 4.39 Å². The number of carboxylic acids is 1. The van der Waals surface area contributed by atoms with Gasteiger partial charge in [0.25, 0.3) is 0 Å². The first-order valence-corrected chi connectivity index (χ1v) is 5.64. The molecule has 0 fully saturated rings. The van der Waals surface area contributed by atoms with Crippen LogP contribution in [0.5, 0.6) is 0 Å². The Kier molecular flexibility index (Phi) is 3.43. The van der Waals surface area contributed by atoms with Gasteiger partial charge in [0.1, 0.15) is 5.82 Å². The topological polar surface area (TPSA) is 46.5 Å². The number of aryl methyl sites for hydroxylation is 1. The normalized spacial score (nSPS) is 23.2. The van der Waals surface area contributed by atoms with Crippen LogP contribution in [0.25, 0.3) is 0 Å². The van der Waals surface area contributed by atoms with Gasteiger partial charge in [-0.25, -0.2) is 4.39 Å². The summed E-state index contributed by atoms with van der Waals surface area (Å²) < 4.78 is 18.6. The van der Waals surface area contributed by atoms with E-state index < -0.39 is 5.97 Å². The minimum absolute atomic E-state index is 0.0189. The Bertz CT molecular complexity index is 431. The highest BCUT2D eigenvalue weighted by Crippen LogP contribution is 2.36. The molecule has 1 aromatic carbocycles. The Balaban J connectivity index is 2.38. The molecule has 0 saturated heterocycles. The van der Waals surface area contributed by atoms with E-state index in [2.05, 4.69) is 0 Å². The molecule has 2 unspecified atom stereocenters. The fourth-order valence-electron chi connectivity index (χ4n) is 2.55. The average molecular weight is 238 g/mol. The van der Waals surface area contributed by atoms with Crippen LogP contribution in [0.15, 0.2) is 18.2 Å². The fraction of sp³-hybridized carbons (Fsp3) is 0.462. The number of fused-ring (bicyclic) bond motifs is 1. The number of methoxy groups -OCH3 is 1. The zero-order valence-corrected chi connectivity index (χ0v) is 9.65. The lowest BCUT2D eigenvalue weighted by molar-refractivity contribution is -0.138. The van der Waals surface area contributed by atoms with Gasteiger partial charge in [-0.05, 0) is 36.1 Å². The molecule has 17 heavy (non-hydrogen) atoms. The third kappa shape index (κ3) is 2.47. The first-order chi connectivity index (χ1) is 8.11. The lowest BCUT2D eigenvalue weighted by atomic mass is 9.79. The molecule has 0 spiro atoms. The van der Waals surface area contributed by atoms with E-state index in [1.54, 1.807) is 13.2 Å². The van der Waals surface area contributed by atoms with Crippen LogP contribution in [-0.4, -0.2) is 24.3 Å². The molecule has 92 valence electrons. The number of rotatable bonds is 3. The maximum absolute atomic E-state index is 13.2. The smallest absolute Gasteiger partial charge is 0.304 e. The van der Waals surface area contributed by atoms with Crippen molar-refractivity contribution in [2.45, 2.75) is 31.3 Å². The van der Waals surface area contributed by atoms with Crippen LogP contribution in [0.1, 0.15) is 29.9 Å². The van der Waals surface area contributed by atoms with Crippen LogP contribution < -0.4 is 0 Å². The van der Waals surface area contributed by atoms with Gasteiger partial charge in [0, 0.05) is 13.0 Å². The summed E-state index contributed by atoms with van der Waals surface area (Å²) in [4.78, 5) is 10.9. The molecule has 1 aromatic rings. The number of carboxylic acid groups (broad SMARTS) is 1. The minimum atomic E-state index is -0.880. The van der Waals surface area contributed by atoms with Gasteiger partial charge in [0.15, 0.2) is 0 Å². The second-order valence-electron chi connectivity index (χ2n) is 4.36. The second-order valence-corrected chi connectivity index (χ2v) is 4.36. The molecule has 0 amide bonds. The van der Waals surface area contributed by atoms with Crippen molar-refractivity contribution < 1.29 is 19.0 Å². The average Bonchev–Trinajstić information content (AvgIpc) is 2.29. The summed E-state index contributed by atoms with van der Waals surface area (Å²) in [7, 11) is 1.57. The van der Waals surface area contributed by atoms with E-state index in [-0.39, 0.29) is 24.3 Å². The molecule has 4 heteroatoms. The maximum Gasteiger partial charge on any atom is 0.304 e. The van der Waals surface area contributed by atoms with Crippen LogP contribution in [0.3, 0.4) is 0 Å². The maximum atomic E-state index is 13.2. The largest absolute Gasteiger partial charge is 0.481 e. The van der Waals surface area contributed by atoms with E-state index >= 15 is 0 Å². The molecule has 0 radical (unpaired) electrons. The standard InChI is InChI=1S/C13H15FO3/c1-17-12-5-3-8-2-4-9(14)6-10(8)11(12)7-13(15)16/h2,4,6,11-12H,3,5,7H2,1H3,(H,15,16). The molecule has 1 aliphatic rings. The van der Waals surface area contributed by atoms with E-state index in [1.165, 1.54) is 12.1 Å². The van der Waals surface area contributed by atoms with Gasteiger partial charge in [0.05, 0.1) is 12.5 Å². The molecule has 1 aliphatic carbocycles. The van der Waals surface area contributed by atoms with Gasteiger partial charge < -0.3 is 9.84 Å². The van der Waals surface area contributed by atoms with Crippen molar-refractivity contribution in [3.8, 4) is 0 Å². The molecule has 1 N–H and O–H groups in total. The highest BCUT2D eigenvalue weighted by Gasteiger charge is 2.31. The SMILES string of the molecule is COC1CCc2ccc(F)cc2C1CC(=O)O. The fourth-order valence-corrected chi connectivity index (χ4v) is 2.55. The van der Waals surface area contributed by atoms with Gasteiger partial charge in [-0.1, -0.05) is 6.07 Å². The Labute approximate surface area is 99.2 Å². The molecule has 0 saturated carbocycles. The lowest BCUT2D eigenvalue weighted by Crippen LogP contribution is -2.29. The molecule has 0 heterocycles. The van der Waals surface area contributed by atoms with E-state index in [0.717, 1.165) is 24.0 Å². The molecule has 0 bridgehead atoms. The Morgan fingerprint density at radius 3 is 3.00 bits per heavy atom. The molecule has 0 aliphatic heterocycles. The van der Waals surface area contributed by atoms with Gasteiger partial charge in [-0.2, -0.15) is 0 Å². The first kappa shape index (κ1) is 12.0. The molecular formula is C13H15FO3. The number of halogens is 1. The van der Waals surface area contributed by atoms with Gasteiger partial charge in [-0.15, -0.1) is 0 Å². The Morgan fingerprint density at radius 2 is 2.35 bits per heavy atom. The van der Waals surface area contributed by atoms with E-state index in [9.17, 15) is 9.18 Å². The monoisotopic (exact) mass is 238 g/mol. The van der Waals surface area contributed by atoms with Crippen molar-refractivity contribution in [1.29, 1.82) is 0 Å². The number of hydrogen-bond donors (Lipinski definition) is 1. The summed E-state index contributed by atoms with van der Waals surface area (Å²) in [6, 6.07) is 4.60. The number of hydrogen-bond acceptors (Lipinski definition) is 2. The second kappa shape index (κ2) is 4.84. The van der Waals surface area contributed by atoms with Crippen molar-refractivity contribution in [2.75, 3.05) is 7.11 Å².